The fourth-order valence-electron chi connectivity index (χ4n) is 3.30. The van der Waals surface area contributed by atoms with Crippen LogP contribution in [0.4, 0.5) is 4.79 Å². The summed E-state index contributed by atoms with van der Waals surface area (Å²) in [6, 6.07) is 10.7. The third kappa shape index (κ3) is 1.70. The number of rotatable bonds is 2. The van der Waals surface area contributed by atoms with Crippen LogP contribution in [-0.4, -0.2) is 18.7 Å². The fourth-order valence-corrected chi connectivity index (χ4v) is 3.30. The van der Waals surface area contributed by atoms with Crippen molar-refractivity contribution in [3.05, 3.63) is 35.9 Å². The van der Waals surface area contributed by atoms with E-state index in [1.54, 1.807) is 0 Å². The highest BCUT2D eigenvalue weighted by atomic mass is 16.6. The molecule has 1 saturated heterocycles. The zero-order valence-corrected chi connectivity index (χ0v) is 9.82. The minimum absolute atomic E-state index is 0.0907. The standard InChI is InChI=1S/C14H17NO2/c16-13-15-12(10-17-13)14(8-4-5-9-14)11-6-2-1-3-7-11/h1-3,6-7,12H,4-5,8-10H2,(H,15,16). The second-order valence-electron chi connectivity index (χ2n) is 5.02. The van der Waals surface area contributed by atoms with Crippen LogP contribution >= 0.6 is 0 Å². The Bertz CT molecular complexity index is 409. The Morgan fingerprint density at radius 3 is 2.47 bits per heavy atom. The van der Waals surface area contributed by atoms with Crippen molar-refractivity contribution < 1.29 is 9.53 Å². The van der Waals surface area contributed by atoms with E-state index in [0.29, 0.717) is 6.61 Å². The van der Waals surface area contributed by atoms with Crippen LogP contribution in [0.3, 0.4) is 0 Å². The number of carbonyl (C=O) groups excluding carboxylic acids is 1. The Hall–Kier alpha value is -1.51. The van der Waals surface area contributed by atoms with Gasteiger partial charge >= 0.3 is 6.09 Å². The summed E-state index contributed by atoms with van der Waals surface area (Å²) < 4.78 is 5.07. The van der Waals surface area contributed by atoms with Crippen LogP contribution in [-0.2, 0) is 10.2 Å². The van der Waals surface area contributed by atoms with Crippen molar-refractivity contribution in [3.63, 3.8) is 0 Å². The third-order valence-corrected chi connectivity index (χ3v) is 4.18. The van der Waals surface area contributed by atoms with Crippen molar-refractivity contribution in [2.24, 2.45) is 0 Å². The summed E-state index contributed by atoms with van der Waals surface area (Å²) in [5.41, 5.74) is 1.43. The van der Waals surface area contributed by atoms with Gasteiger partial charge in [-0.15, -0.1) is 0 Å². The number of hydrogen-bond acceptors (Lipinski definition) is 2. The molecule has 1 aromatic carbocycles. The molecule has 3 rings (SSSR count). The number of cyclic esters (lactones) is 1. The van der Waals surface area contributed by atoms with Gasteiger partial charge in [-0.25, -0.2) is 4.79 Å². The van der Waals surface area contributed by atoms with Gasteiger partial charge in [0.05, 0.1) is 6.04 Å². The first kappa shape index (κ1) is 10.6. The summed E-state index contributed by atoms with van der Waals surface area (Å²) >= 11 is 0. The Morgan fingerprint density at radius 1 is 1.18 bits per heavy atom. The average molecular weight is 231 g/mol. The summed E-state index contributed by atoms with van der Waals surface area (Å²) in [4.78, 5) is 11.3. The second-order valence-corrected chi connectivity index (χ2v) is 5.02. The number of benzene rings is 1. The first-order valence-electron chi connectivity index (χ1n) is 6.30. The summed E-state index contributed by atoms with van der Waals surface area (Å²) in [6.07, 6.45) is 4.50. The van der Waals surface area contributed by atoms with Gasteiger partial charge in [0.2, 0.25) is 0 Å². The van der Waals surface area contributed by atoms with Gasteiger partial charge in [-0.05, 0) is 18.4 Å². The molecule has 0 bridgehead atoms. The number of ether oxygens (including phenoxy) is 1. The first-order valence-corrected chi connectivity index (χ1v) is 6.30. The van der Waals surface area contributed by atoms with Crippen molar-refractivity contribution in [1.29, 1.82) is 0 Å². The van der Waals surface area contributed by atoms with Crippen molar-refractivity contribution in [2.75, 3.05) is 6.61 Å². The Balaban J connectivity index is 1.96. The SMILES string of the molecule is O=C1NC(C2(c3ccccc3)CCCC2)CO1. The molecule has 1 unspecified atom stereocenters. The van der Waals surface area contributed by atoms with Gasteiger partial charge in [-0.2, -0.15) is 0 Å². The van der Waals surface area contributed by atoms with E-state index in [2.05, 4.69) is 29.6 Å². The van der Waals surface area contributed by atoms with Crippen molar-refractivity contribution in [3.8, 4) is 0 Å². The molecule has 3 nitrogen and oxygen atoms in total. The molecule has 1 saturated carbocycles. The van der Waals surface area contributed by atoms with Gasteiger partial charge in [-0.1, -0.05) is 43.2 Å². The smallest absolute Gasteiger partial charge is 0.407 e. The molecule has 1 atom stereocenters. The topological polar surface area (TPSA) is 38.3 Å². The summed E-state index contributed by atoms with van der Waals surface area (Å²) in [5, 5.41) is 2.97. The van der Waals surface area contributed by atoms with Gasteiger partial charge in [-0.3, -0.25) is 0 Å². The normalized spacial score (nSPS) is 26.6. The van der Waals surface area contributed by atoms with E-state index in [1.165, 1.54) is 18.4 Å². The predicted octanol–water partition coefficient (Wildman–Crippen LogP) is 2.61. The predicted molar refractivity (Wildman–Crippen MR) is 64.9 cm³/mol. The first-order chi connectivity index (χ1) is 8.31. The lowest BCUT2D eigenvalue weighted by Gasteiger charge is -2.34. The summed E-state index contributed by atoms with van der Waals surface area (Å²) in [5.74, 6) is 0. The molecule has 0 aromatic heterocycles. The van der Waals surface area contributed by atoms with Gasteiger partial charge in [0, 0.05) is 5.41 Å². The highest BCUT2D eigenvalue weighted by molar-refractivity contribution is 5.70. The Kier molecular flexibility index (Phi) is 2.54. The molecule has 3 heteroatoms. The van der Waals surface area contributed by atoms with E-state index in [4.69, 9.17) is 4.74 Å². The molecule has 0 radical (unpaired) electrons. The molecule has 1 N–H and O–H groups in total. The van der Waals surface area contributed by atoms with E-state index in [1.807, 2.05) is 6.07 Å². The molecule has 17 heavy (non-hydrogen) atoms. The molecule has 1 aliphatic carbocycles. The molecule has 2 fully saturated rings. The van der Waals surface area contributed by atoms with Gasteiger partial charge in [0.25, 0.3) is 0 Å². The molecule has 1 aromatic rings. The minimum Gasteiger partial charge on any atom is -0.447 e. The highest BCUT2D eigenvalue weighted by Crippen LogP contribution is 2.44. The van der Waals surface area contributed by atoms with E-state index < -0.39 is 0 Å². The van der Waals surface area contributed by atoms with Crippen LogP contribution in [0.25, 0.3) is 0 Å². The van der Waals surface area contributed by atoms with Crippen LogP contribution in [0.15, 0.2) is 30.3 Å². The number of hydrogen-bond donors (Lipinski definition) is 1. The van der Waals surface area contributed by atoms with Gasteiger partial charge < -0.3 is 10.1 Å². The zero-order chi connectivity index (χ0) is 11.7. The number of alkyl carbamates (subject to hydrolysis) is 1. The maximum atomic E-state index is 11.3. The van der Waals surface area contributed by atoms with Crippen LogP contribution in [0.2, 0.25) is 0 Å². The van der Waals surface area contributed by atoms with Crippen LogP contribution in [0, 0.1) is 0 Å². The summed E-state index contributed by atoms with van der Waals surface area (Å²) in [7, 11) is 0. The maximum Gasteiger partial charge on any atom is 0.407 e. The van der Waals surface area contributed by atoms with Crippen LogP contribution in [0.5, 0.6) is 0 Å². The lowest BCUT2D eigenvalue weighted by Crippen LogP contribution is -2.45. The lowest BCUT2D eigenvalue weighted by atomic mass is 9.73. The molecule has 1 amide bonds. The Morgan fingerprint density at radius 2 is 1.88 bits per heavy atom. The van der Waals surface area contributed by atoms with Crippen molar-refractivity contribution in [1.82, 2.24) is 5.32 Å². The monoisotopic (exact) mass is 231 g/mol. The molecular weight excluding hydrogens is 214 g/mol. The van der Waals surface area contributed by atoms with Crippen molar-refractivity contribution >= 4 is 6.09 Å². The number of amides is 1. The molecule has 1 aliphatic heterocycles. The van der Waals surface area contributed by atoms with Crippen molar-refractivity contribution in [2.45, 2.75) is 37.1 Å². The molecule has 0 spiro atoms. The van der Waals surface area contributed by atoms with Gasteiger partial charge in [0.15, 0.2) is 0 Å². The number of carbonyl (C=O) groups is 1. The third-order valence-electron chi connectivity index (χ3n) is 4.18. The molecule has 1 heterocycles. The lowest BCUT2D eigenvalue weighted by molar-refractivity contribution is 0.173. The van der Waals surface area contributed by atoms with E-state index in [0.717, 1.165) is 12.8 Å². The number of nitrogens with one attached hydrogen (secondary N) is 1. The molecule has 90 valence electrons. The Labute approximate surface area is 101 Å². The largest absolute Gasteiger partial charge is 0.447 e. The maximum absolute atomic E-state index is 11.3. The second kappa shape index (κ2) is 4.06. The van der Waals surface area contributed by atoms with E-state index >= 15 is 0 Å². The molecule has 2 aliphatic rings. The van der Waals surface area contributed by atoms with E-state index in [-0.39, 0.29) is 17.6 Å². The summed E-state index contributed by atoms with van der Waals surface area (Å²) in [6.45, 7) is 0.508. The van der Waals surface area contributed by atoms with E-state index in [9.17, 15) is 4.79 Å². The average Bonchev–Trinajstić information content (AvgIpc) is 2.99. The fraction of sp³-hybridized carbons (Fsp3) is 0.500. The van der Waals surface area contributed by atoms with Crippen LogP contribution < -0.4 is 5.32 Å². The zero-order valence-electron chi connectivity index (χ0n) is 9.82. The quantitative estimate of drug-likeness (QED) is 0.849. The van der Waals surface area contributed by atoms with Crippen LogP contribution in [0.1, 0.15) is 31.2 Å². The highest BCUT2D eigenvalue weighted by Gasteiger charge is 2.46. The van der Waals surface area contributed by atoms with Gasteiger partial charge in [0.1, 0.15) is 6.61 Å². The minimum atomic E-state index is -0.266. The molecular formula is C14H17NO2.